The third kappa shape index (κ3) is 4.21. The lowest BCUT2D eigenvalue weighted by Gasteiger charge is -2.41. The first-order valence-electron chi connectivity index (χ1n) is 10.8. The van der Waals surface area contributed by atoms with Gasteiger partial charge in [-0.1, -0.05) is 11.6 Å². The van der Waals surface area contributed by atoms with E-state index in [0.717, 1.165) is 58.4 Å². The van der Waals surface area contributed by atoms with E-state index in [2.05, 4.69) is 20.1 Å². The van der Waals surface area contributed by atoms with E-state index in [1.807, 2.05) is 0 Å². The summed E-state index contributed by atoms with van der Waals surface area (Å²) in [6.07, 6.45) is 5.59. The van der Waals surface area contributed by atoms with E-state index in [4.69, 9.17) is 21.1 Å². The smallest absolute Gasteiger partial charge is 0.411 e. The van der Waals surface area contributed by atoms with Crippen molar-refractivity contribution in [3.05, 3.63) is 17.3 Å². The van der Waals surface area contributed by atoms with Crippen molar-refractivity contribution in [3.8, 4) is 0 Å². The molecule has 0 aromatic carbocycles. The number of likely N-dealkylation sites (tertiary alicyclic amines) is 1. The highest BCUT2D eigenvalue weighted by Gasteiger charge is 2.50. The highest BCUT2D eigenvalue weighted by molar-refractivity contribution is 6.33. The summed E-state index contributed by atoms with van der Waals surface area (Å²) in [5.41, 5.74) is 0.125. The highest BCUT2D eigenvalue weighted by atomic mass is 35.5. The van der Waals surface area contributed by atoms with Crippen molar-refractivity contribution in [2.45, 2.75) is 45.1 Å². The largest absolute Gasteiger partial charge is 0.450 e. The molecular weight excluding hydrogens is 408 g/mol. The fourth-order valence-corrected chi connectivity index (χ4v) is 5.19. The van der Waals surface area contributed by atoms with Crippen LogP contribution >= 0.6 is 11.6 Å². The van der Waals surface area contributed by atoms with Crippen LogP contribution in [0.3, 0.4) is 0 Å². The second-order valence-electron chi connectivity index (χ2n) is 8.27. The number of nitrogens with one attached hydrogen (secondary N) is 1. The Hall–Kier alpha value is -2.06. The van der Waals surface area contributed by atoms with Gasteiger partial charge in [-0.05, 0) is 45.1 Å². The summed E-state index contributed by atoms with van der Waals surface area (Å²) >= 11 is 6.50. The number of hydrogen-bond acceptors (Lipinski definition) is 6. The predicted octanol–water partition coefficient (Wildman–Crippen LogP) is 3.30. The average molecular weight is 437 g/mol. The minimum atomic E-state index is -0.537. The molecule has 4 rings (SSSR count). The third-order valence-corrected chi connectivity index (χ3v) is 6.68. The minimum Gasteiger partial charge on any atom is -0.450 e. The molecule has 2 amide bonds. The highest BCUT2D eigenvalue weighted by Crippen LogP contribution is 2.43. The molecule has 0 bridgehead atoms. The molecule has 9 heteroatoms. The SMILES string of the molecule is CCOC(=O)Nc1cnc(N2CCC[C@]3(CCN(C4CCOCC4)C3=O)C2)c(Cl)c1. The third-order valence-electron chi connectivity index (χ3n) is 6.40. The van der Waals surface area contributed by atoms with Crippen molar-refractivity contribution in [3.63, 3.8) is 0 Å². The summed E-state index contributed by atoms with van der Waals surface area (Å²) in [6.45, 7) is 5.76. The number of carbonyl (C=O) groups excluding carboxylic acids is 2. The van der Waals surface area contributed by atoms with E-state index in [1.54, 1.807) is 19.2 Å². The lowest BCUT2D eigenvalue weighted by Crippen LogP contribution is -2.50. The van der Waals surface area contributed by atoms with Crippen LogP contribution in [0.2, 0.25) is 5.02 Å². The van der Waals surface area contributed by atoms with Crippen molar-refractivity contribution in [1.82, 2.24) is 9.88 Å². The monoisotopic (exact) mass is 436 g/mol. The van der Waals surface area contributed by atoms with Crippen molar-refractivity contribution in [2.24, 2.45) is 5.41 Å². The van der Waals surface area contributed by atoms with E-state index in [0.29, 0.717) is 35.7 Å². The number of ether oxygens (including phenoxy) is 2. The number of hydrogen-bond donors (Lipinski definition) is 1. The van der Waals surface area contributed by atoms with Gasteiger partial charge in [0.25, 0.3) is 0 Å². The summed E-state index contributed by atoms with van der Waals surface area (Å²) in [5, 5.41) is 3.07. The number of pyridine rings is 1. The standard InChI is InChI=1S/C21H29ClN4O4/c1-2-30-20(28)24-15-12-17(22)18(23-13-15)25-8-3-6-21(14-25)7-9-26(19(21)27)16-4-10-29-11-5-16/h12-13,16H,2-11,14H2,1H3,(H,24,28)/t21-/m0/s1. The summed E-state index contributed by atoms with van der Waals surface area (Å²) in [7, 11) is 0. The van der Waals surface area contributed by atoms with Gasteiger partial charge >= 0.3 is 6.09 Å². The Kier molecular flexibility index (Phi) is 6.34. The van der Waals surface area contributed by atoms with Crippen LogP contribution in [0.5, 0.6) is 0 Å². The molecule has 164 valence electrons. The first-order valence-corrected chi connectivity index (χ1v) is 11.1. The molecule has 1 aromatic heterocycles. The van der Waals surface area contributed by atoms with Gasteiger partial charge in [0.05, 0.1) is 28.9 Å². The van der Waals surface area contributed by atoms with E-state index < -0.39 is 6.09 Å². The minimum absolute atomic E-state index is 0.274. The fraction of sp³-hybridized carbons (Fsp3) is 0.667. The van der Waals surface area contributed by atoms with Gasteiger partial charge in [0.2, 0.25) is 5.91 Å². The molecule has 30 heavy (non-hydrogen) atoms. The van der Waals surface area contributed by atoms with Crippen LogP contribution in [-0.4, -0.2) is 67.4 Å². The van der Waals surface area contributed by atoms with Gasteiger partial charge in [-0.15, -0.1) is 0 Å². The molecule has 1 N–H and O–H groups in total. The van der Waals surface area contributed by atoms with Crippen LogP contribution in [0, 0.1) is 5.41 Å². The van der Waals surface area contributed by atoms with Crippen molar-refractivity contribution >= 4 is 35.1 Å². The molecule has 3 aliphatic heterocycles. The van der Waals surface area contributed by atoms with Gasteiger partial charge in [-0.3, -0.25) is 10.1 Å². The van der Waals surface area contributed by atoms with Crippen LogP contribution < -0.4 is 10.2 Å². The van der Waals surface area contributed by atoms with Crippen LogP contribution in [-0.2, 0) is 14.3 Å². The molecule has 3 fully saturated rings. The molecule has 4 heterocycles. The van der Waals surface area contributed by atoms with Crippen molar-refractivity contribution < 1.29 is 19.1 Å². The Morgan fingerprint density at radius 1 is 1.37 bits per heavy atom. The number of anilines is 2. The number of nitrogens with zero attached hydrogens (tertiary/aromatic N) is 3. The van der Waals surface area contributed by atoms with Crippen LogP contribution in [0.15, 0.2) is 12.3 Å². The number of amides is 2. The number of aromatic nitrogens is 1. The maximum Gasteiger partial charge on any atom is 0.411 e. The van der Waals surface area contributed by atoms with Gasteiger partial charge in [-0.25, -0.2) is 9.78 Å². The molecule has 8 nitrogen and oxygen atoms in total. The number of halogens is 1. The zero-order valence-electron chi connectivity index (χ0n) is 17.4. The Morgan fingerprint density at radius 2 is 2.17 bits per heavy atom. The molecule has 0 radical (unpaired) electrons. The zero-order valence-corrected chi connectivity index (χ0v) is 18.1. The van der Waals surface area contributed by atoms with E-state index in [1.165, 1.54) is 0 Å². The first-order chi connectivity index (χ1) is 14.5. The lowest BCUT2D eigenvalue weighted by atomic mass is 9.78. The maximum absolute atomic E-state index is 13.4. The normalized spacial score (nSPS) is 25.1. The Labute approximate surface area is 181 Å². The van der Waals surface area contributed by atoms with E-state index in [-0.39, 0.29) is 11.3 Å². The number of carbonyl (C=O) groups is 2. The summed E-state index contributed by atoms with van der Waals surface area (Å²) in [4.78, 5) is 33.7. The number of rotatable bonds is 4. The van der Waals surface area contributed by atoms with E-state index >= 15 is 0 Å². The Balaban J connectivity index is 1.46. The van der Waals surface area contributed by atoms with Gasteiger partial charge < -0.3 is 19.3 Å². The van der Waals surface area contributed by atoms with Gasteiger partial charge in [-0.2, -0.15) is 0 Å². The van der Waals surface area contributed by atoms with Gasteiger partial charge in [0, 0.05) is 38.9 Å². The zero-order chi connectivity index (χ0) is 21.1. The van der Waals surface area contributed by atoms with Crippen LogP contribution in [0.4, 0.5) is 16.3 Å². The average Bonchev–Trinajstić information content (AvgIpc) is 3.04. The Morgan fingerprint density at radius 3 is 2.90 bits per heavy atom. The molecule has 1 aromatic rings. The summed E-state index contributed by atoms with van der Waals surface area (Å²) in [5.74, 6) is 0.929. The molecule has 3 saturated heterocycles. The quantitative estimate of drug-likeness (QED) is 0.779. The van der Waals surface area contributed by atoms with Crippen LogP contribution in [0.1, 0.15) is 39.0 Å². The predicted molar refractivity (Wildman–Crippen MR) is 114 cm³/mol. The molecule has 0 unspecified atom stereocenters. The topological polar surface area (TPSA) is 84.0 Å². The van der Waals surface area contributed by atoms with Gasteiger partial charge in [0.15, 0.2) is 0 Å². The van der Waals surface area contributed by atoms with Crippen LogP contribution in [0.25, 0.3) is 0 Å². The molecule has 3 aliphatic rings. The molecular formula is C21H29ClN4O4. The molecule has 1 atom stereocenters. The second-order valence-corrected chi connectivity index (χ2v) is 8.68. The van der Waals surface area contributed by atoms with Crippen molar-refractivity contribution in [2.75, 3.05) is 49.7 Å². The molecule has 0 aliphatic carbocycles. The second kappa shape index (κ2) is 8.98. The summed E-state index contributed by atoms with van der Waals surface area (Å²) < 4.78 is 10.3. The lowest BCUT2D eigenvalue weighted by molar-refractivity contribution is -0.139. The van der Waals surface area contributed by atoms with Crippen molar-refractivity contribution in [1.29, 1.82) is 0 Å². The van der Waals surface area contributed by atoms with E-state index in [9.17, 15) is 9.59 Å². The Bertz CT molecular complexity index is 801. The molecule has 0 saturated carbocycles. The molecule has 1 spiro atoms. The fourth-order valence-electron chi connectivity index (χ4n) is 4.90. The summed E-state index contributed by atoms with van der Waals surface area (Å²) in [6, 6.07) is 1.98. The first kappa shape index (κ1) is 21.2. The number of piperidine rings is 1. The van der Waals surface area contributed by atoms with Gasteiger partial charge in [0.1, 0.15) is 5.82 Å². The maximum atomic E-state index is 13.4.